The summed E-state index contributed by atoms with van der Waals surface area (Å²) in [5, 5.41) is 10.8. The molecule has 3 atom stereocenters. The lowest BCUT2D eigenvalue weighted by molar-refractivity contribution is -0.0181. The summed E-state index contributed by atoms with van der Waals surface area (Å²) in [6.07, 6.45) is 4.68. The van der Waals surface area contributed by atoms with Crippen LogP contribution in [0.5, 0.6) is 0 Å². The monoisotopic (exact) mass is 281 g/mol. The number of nitrogens with one attached hydrogen (secondary N) is 3. The van der Waals surface area contributed by atoms with Crippen LogP contribution in [0.15, 0.2) is 0 Å². The summed E-state index contributed by atoms with van der Waals surface area (Å²) in [5.41, 5.74) is 0. The van der Waals surface area contributed by atoms with Crippen LogP contribution in [0.25, 0.3) is 0 Å². The average Bonchev–Trinajstić information content (AvgIpc) is 2.56. The third kappa shape index (κ3) is 3.34. The highest BCUT2D eigenvalue weighted by molar-refractivity contribution is 4.91. The third-order valence-corrected chi connectivity index (χ3v) is 5.28. The van der Waals surface area contributed by atoms with Crippen molar-refractivity contribution < 1.29 is 0 Å². The van der Waals surface area contributed by atoms with E-state index in [9.17, 15) is 0 Å². The predicted octanol–water partition coefficient (Wildman–Crippen LogP) is -0.346. The lowest BCUT2D eigenvalue weighted by atomic mass is 9.97. The van der Waals surface area contributed by atoms with Gasteiger partial charge in [-0.15, -0.1) is 0 Å². The molecule has 0 aromatic carbocycles. The summed E-state index contributed by atoms with van der Waals surface area (Å²) in [4.78, 5) is 5.42. The quantitative estimate of drug-likeness (QED) is 0.660. The van der Waals surface area contributed by atoms with Gasteiger partial charge in [-0.1, -0.05) is 6.42 Å². The minimum atomic E-state index is 0.588. The van der Waals surface area contributed by atoms with E-state index in [1.807, 2.05) is 0 Å². The van der Waals surface area contributed by atoms with Crippen LogP contribution >= 0.6 is 0 Å². The van der Waals surface area contributed by atoms with Crippen molar-refractivity contribution in [2.24, 2.45) is 0 Å². The Bertz CT molecular complexity index is 286. The minimum absolute atomic E-state index is 0.588. The maximum absolute atomic E-state index is 3.75. The fourth-order valence-corrected chi connectivity index (χ4v) is 4.02. The van der Waals surface area contributed by atoms with Crippen molar-refractivity contribution >= 4 is 0 Å². The molecule has 3 aliphatic heterocycles. The van der Waals surface area contributed by atoms with E-state index in [2.05, 4.69) is 32.7 Å². The van der Waals surface area contributed by atoms with Gasteiger partial charge in [0.1, 0.15) is 0 Å². The van der Waals surface area contributed by atoms with Crippen LogP contribution in [-0.4, -0.2) is 80.4 Å². The first-order valence-corrected chi connectivity index (χ1v) is 8.51. The van der Waals surface area contributed by atoms with Crippen LogP contribution in [0, 0.1) is 0 Å². The van der Waals surface area contributed by atoms with Gasteiger partial charge < -0.3 is 16.0 Å². The molecule has 3 heterocycles. The SMILES string of the molecule is CC(C1CCCCN1)N1CCNCC1N1CCNCC1. The molecule has 0 bridgehead atoms. The number of nitrogens with zero attached hydrogens (tertiary/aromatic N) is 2. The summed E-state index contributed by atoms with van der Waals surface area (Å²) in [7, 11) is 0. The molecule has 3 unspecified atom stereocenters. The number of rotatable bonds is 3. The van der Waals surface area contributed by atoms with E-state index >= 15 is 0 Å². The van der Waals surface area contributed by atoms with Crippen LogP contribution in [0.3, 0.4) is 0 Å². The molecule has 0 spiro atoms. The Morgan fingerprint density at radius 2 is 1.75 bits per heavy atom. The average molecular weight is 281 g/mol. The summed E-state index contributed by atoms with van der Waals surface area (Å²) < 4.78 is 0. The van der Waals surface area contributed by atoms with Crippen molar-refractivity contribution in [2.45, 2.75) is 44.4 Å². The molecule has 0 radical (unpaired) electrons. The molecule has 116 valence electrons. The molecule has 3 rings (SSSR count). The van der Waals surface area contributed by atoms with Crippen LogP contribution in [0.4, 0.5) is 0 Å². The second-order valence-electron chi connectivity index (χ2n) is 6.51. The molecule has 0 aromatic rings. The van der Waals surface area contributed by atoms with Gasteiger partial charge in [-0.25, -0.2) is 0 Å². The normalized spacial score (nSPS) is 35.9. The Morgan fingerprint density at radius 1 is 0.950 bits per heavy atom. The molecule has 0 aliphatic carbocycles. The maximum Gasteiger partial charge on any atom is 0.0755 e. The van der Waals surface area contributed by atoms with Gasteiger partial charge in [-0.3, -0.25) is 9.80 Å². The predicted molar refractivity (Wildman–Crippen MR) is 82.9 cm³/mol. The minimum Gasteiger partial charge on any atom is -0.314 e. The molecular weight excluding hydrogens is 250 g/mol. The van der Waals surface area contributed by atoms with Crippen molar-refractivity contribution in [3.8, 4) is 0 Å². The van der Waals surface area contributed by atoms with E-state index in [1.54, 1.807) is 0 Å². The summed E-state index contributed by atoms with van der Waals surface area (Å²) >= 11 is 0. The van der Waals surface area contributed by atoms with Crippen molar-refractivity contribution in [1.29, 1.82) is 0 Å². The molecule has 0 saturated carbocycles. The van der Waals surface area contributed by atoms with E-state index in [0.29, 0.717) is 18.2 Å². The van der Waals surface area contributed by atoms with Gasteiger partial charge in [0.2, 0.25) is 0 Å². The van der Waals surface area contributed by atoms with E-state index in [-0.39, 0.29) is 0 Å². The zero-order valence-corrected chi connectivity index (χ0v) is 12.9. The van der Waals surface area contributed by atoms with Gasteiger partial charge in [0.15, 0.2) is 0 Å². The first kappa shape index (κ1) is 14.7. The number of piperazine rings is 2. The Hall–Kier alpha value is -0.200. The second kappa shape index (κ2) is 7.18. The molecule has 5 heteroatoms. The summed E-state index contributed by atoms with van der Waals surface area (Å²) in [6.45, 7) is 11.7. The smallest absolute Gasteiger partial charge is 0.0755 e. The standard InChI is InChI=1S/C15H31N5/c1-13(14-4-2-3-5-18-14)20-11-8-17-12-15(20)19-9-6-16-7-10-19/h13-18H,2-12H2,1H3. The highest BCUT2D eigenvalue weighted by Gasteiger charge is 2.34. The van der Waals surface area contributed by atoms with E-state index in [1.165, 1.54) is 45.4 Å². The van der Waals surface area contributed by atoms with Gasteiger partial charge in [-0.05, 0) is 26.3 Å². The van der Waals surface area contributed by atoms with Gasteiger partial charge in [0.25, 0.3) is 0 Å². The lowest BCUT2D eigenvalue weighted by Gasteiger charge is -2.49. The second-order valence-corrected chi connectivity index (χ2v) is 6.51. The molecule has 5 nitrogen and oxygen atoms in total. The highest BCUT2D eigenvalue weighted by Crippen LogP contribution is 2.20. The maximum atomic E-state index is 3.75. The van der Waals surface area contributed by atoms with E-state index in [0.717, 1.165) is 26.2 Å². The van der Waals surface area contributed by atoms with Crippen molar-refractivity contribution in [1.82, 2.24) is 25.8 Å². The lowest BCUT2D eigenvalue weighted by Crippen LogP contribution is -2.66. The zero-order chi connectivity index (χ0) is 13.8. The summed E-state index contributed by atoms with van der Waals surface area (Å²) in [6, 6.07) is 1.34. The Labute approximate surface area is 123 Å². The Kier molecular flexibility index (Phi) is 5.29. The number of hydrogen-bond acceptors (Lipinski definition) is 5. The zero-order valence-electron chi connectivity index (χ0n) is 12.9. The molecule has 0 amide bonds. The van der Waals surface area contributed by atoms with Crippen molar-refractivity contribution in [3.63, 3.8) is 0 Å². The molecular formula is C15H31N5. The molecule has 0 aromatic heterocycles. The van der Waals surface area contributed by atoms with E-state index < -0.39 is 0 Å². The van der Waals surface area contributed by atoms with E-state index in [4.69, 9.17) is 0 Å². The fourth-order valence-electron chi connectivity index (χ4n) is 4.02. The largest absolute Gasteiger partial charge is 0.314 e. The van der Waals surface area contributed by atoms with Gasteiger partial charge in [0.05, 0.1) is 6.17 Å². The van der Waals surface area contributed by atoms with Gasteiger partial charge in [-0.2, -0.15) is 0 Å². The Balaban J connectivity index is 1.64. The molecule has 3 N–H and O–H groups in total. The van der Waals surface area contributed by atoms with Gasteiger partial charge >= 0.3 is 0 Å². The fraction of sp³-hybridized carbons (Fsp3) is 1.00. The van der Waals surface area contributed by atoms with Gasteiger partial charge in [0, 0.05) is 57.9 Å². The first-order valence-electron chi connectivity index (χ1n) is 8.51. The van der Waals surface area contributed by atoms with Crippen molar-refractivity contribution in [2.75, 3.05) is 52.4 Å². The summed E-state index contributed by atoms with van der Waals surface area (Å²) in [5.74, 6) is 0. The third-order valence-electron chi connectivity index (χ3n) is 5.28. The topological polar surface area (TPSA) is 42.6 Å². The Morgan fingerprint density at radius 3 is 2.50 bits per heavy atom. The molecule has 3 saturated heterocycles. The van der Waals surface area contributed by atoms with Crippen LogP contribution in [0.2, 0.25) is 0 Å². The number of hydrogen-bond donors (Lipinski definition) is 3. The van der Waals surface area contributed by atoms with Crippen LogP contribution in [-0.2, 0) is 0 Å². The molecule has 20 heavy (non-hydrogen) atoms. The number of piperidine rings is 1. The molecule has 3 aliphatic rings. The highest BCUT2D eigenvalue weighted by atomic mass is 15.4. The van der Waals surface area contributed by atoms with Crippen molar-refractivity contribution in [3.05, 3.63) is 0 Å². The van der Waals surface area contributed by atoms with Crippen LogP contribution in [0.1, 0.15) is 26.2 Å². The van der Waals surface area contributed by atoms with Crippen LogP contribution < -0.4 is 16.0 Å². The molecule has 3 fully saturated rings. The first-order chi connectivity index (χ1) is 9.86.